The summed E-state index contributed by atoms with van der Waals surface area (Å²) in [6.45, 7) is 4.17. The van der Waals surface area contributed by atoms with Crippen molar-refractivity contribution in [2.75, 3.05) is 13.2 Å². The van der Waals surface area contributed by atoms with E-state index < -0.39 is 0 Å². The maximum absolute atomic E-state index is 8.59. The molecule has 0 aromatic carbocycles. The van der Waals surface area contributed by atoms with E-state index >= 15 is 0 Å². The average molecular weight is 234 g/mol. The van der Waals surface area contributed by atoms with Gasteiger partial charge in [0.25, 0.3) is 0 Å². The fourth-order valence-corrected chi connectivity index (χ4v) is 1.30. The summed E-state index contributed by atoms with van der Waals surface area (Å²) in [6.07, 6.45) is 3.79. The van der Waals surface area contributed by atoms with Crippen molar-refractivity contribution in [2.24, 2.45) is 7.05 Å². The topological polar surface area (TPSA) is 50.1 Å². The number of hydrogen-bond acceptors (Lipinski definition) is 3. The van der Waals surface area contributed by atoms with E-state index in [4.69, 9.17) is 5.11 Å². The molecule has 1 aromatic heterocycles. The Labute approximate surface area is 97.1 Å². The molecular weight excluding hydrogens is 214 g/mol. The monoisotopic (exact) mass is 233 g/mol. The van der Waals surface area contributed by atoms with Crippen LogP contribution >= 0.6 is 12.4 Å². The van der Waals surface area contributed by atoms with Crippen LogP contribution in [0.1, 0.15) is 24.1 Å². The highest BCUT2D eigenvalue weighted by atomic mass is 35.5. The summed E-state index contributed by atoms with van der Waals surface area (Å²) in [7, 11) is 1.95. The van der Waals surface area contributed by atoms with Gasteiger partial charge in [-0.25, -0.2) is 0 Å². The van der Waals surface area contributed by atoms with E-state index in [1.165, 1.54) is 11.3 Å². The Hall–Kier alpha value is -0.580. The first-order chi connectivity index (χ1) is 6.75. The zero-order chi connectivity index (χ0) is 10.4. The van der Waals surface area contributed by atoms with E-state index in [0.29, 0.717) is 0 Å². The molecule has 0 saturated carbocycles. The molecule has 1 aromatic rings. The lowest BCUT2D eigenvalue weighted by Gasteiger charge is -2.03. The lowest BCUT2D eigenvalue weighted by Crippen LogP contribution is -2.15. The molecule has 4 nitrogen and oxygen atoms in total. The van der Waals surface area contributed by atoms with Crippen molar-refractivity contribution in [3.05, 3.63) is 17.5 Å². The third kappa shape index (κ3) is 4.64. The summed E-state index contributed by atoms with van der Waals surface area (Å²) in [6, 6.07) is 0. The van der Waals surface area contributed by atoms with Crippen LogP contribution in [0.2, 0.25) is 0 Å². The summed E-state index contributed by atoms with van der Waals surface area (Å²) in [5, 5.41) is 16.1. The minimum absolute atomic E-state index is 0. The normalized spacial score (nSPS) is 10.1. The first-order valence-corrected chi connectivity index (χ1v) is 5.04. The Balaban J connectivity index is 0.00000196. The van der Waals surface area contributed by atoms with Gasteiger partial charge in [-0.1, -0.05) is 0 Å². The van der Waals surface area contributed by atoms with Crippen LogP contribution in [0, 0.1) is 6.92 Å². The van der Waals surface area contributed by atoms with E-state index in [-0.39, 0.29) is 19.0 Å². The molecule has 2 N–H and O–H groups in total. The number of aliphatic hydroxyl groups excluding tert-OH is 1. The summed E-state index contributed by atoms with van der Waals surface area (Å²) in [5.41, 5.74) is 2.45. The SMILES string of the molecule is Cc1c(CNCCCCO)cnn1C.Cl. The van der Waals surface area contributed by atoms with Gasteiger partial charge in [-0.3, -0.25) is 4.68 Å². The fourth-order valence-electron chi connectivity index (χ4n) is 1.30. The van der Waals surface area contributed by atoms with E-state index in [1.807, 2.05) is 17.9 Å². The largest absolute Gasteiger partial charge is 0.396 e. The lowest BCUT2D eigenvalue weighted by atomic mass is 10.2. The highest BCUT2D eigenvalue weighted by Crippen LogP contribution is 2.04. The minimum atomic E-state index is 0. The first-order valence-electron chi connectivity index (χ1n) is 5.04. The molecule has 0 bridgehead atoms. The van der Waals surface area contributed by atoms with Crippen LogP contribution in [-0.2, 0) is 13.6 Å². The van der Waals surface area contributed by atoms with Gasteiger partial charge in [0.2, 0.25) is 0 Å². The van der Waals surface area contributed by atoms with Crippen molar-refractivity contribution < 1.29 is 5.11 Å². The molecule has 0 fully saturated rings. The zero-order valence-electron chi connectivity index (χ0n) is 9.36. The number of unbranched alkanes of at least 4 members (excludes halogenated alkanes) is 1. The van der Waals surface area contributed by atoms with Gasteiger partial charge < -0.3 is 10.4 Å². The van der Waals surface area contributed by atoms with E-state index in [0.717, 1.165) is 25.9 Å². The summed E-state index contributed by atoms with van der Waals surface area (Å²) in [5.74, 6) is 0. The Kier molecular flexibility index (Phi) is 7.38. The van der Waals surface area contributed by atoms with Gasteiger partial charge in [-0.05, 0) is 26.3 Å². The second kappa shape index (κ2) is 7.68. The predicted molar refractivity (Wildman–Crippen MR) is 63.2 cm³/mol. The Morgan fingerprint density at radius 3 is 2.73 bits per heavy atom. The van der Waals surface area contributed by atoms with E-state index in [9.17, 15) is 0 Å². The first kappa shape index (κ1) is 14.4. The Morgan fingerprint density at radius 1 is 1.47 bits per heavy atom. The summed E-state index contributed by atoms with van der Waals surface area (Å²) >= 11 is 0. The fraction of sp³-hybridized carbons (Fsp3) is 0.700. The summed E-state index contributed by atoms with van der Waals surface area (Å²) < 4.78 is 1.88. The van der Waals surface area contributed by atoms with Crippen molar-refractivity contribution in [1.82, 2.24) is 15.1 Å². The van der Waals surface area contributed by atoms with Gasteiger partial charge in [0.15, 0.2) is 0 Å². The van der Waals surface area contributed by atoms with Gasteiger partial charge >= 0.3 is 0 Å². The molecule has 15 heavy (non-hydrogen) atoms. The number of aromatic nitrogens is 2. The number of hydrogen-bond donors (Lipinski definition) is 2. The molecular formula is C10H20ClN3O. The van der Waals surface area contributed by atoms with E-state index in [2.05, 4.69) is 17.3 Å². The number of rotatable bonds is 6. The lowest BCUT2D eigenvalue weighted by molar-refractivity contribution is 0.283. The van der Waals surface area contributed by atoms with Crippen LogP contribution < -0.4 is 5.32 Å². The highest BCUT2D eigenvalue weighted by Gasteiger charge is 2.01. The maximum Gasteiger partial charge on any atom is 0.0537 e. The van der Waals surface area contributed by atoms with Crippen LogP contribution in [0.25, 0.3) is 0 Å². The van der Waals surface area contributed by atoms with Crippen molar-refractivity contribution in [2.45, 2.75) is 26.3 Å². The second-order valence-corrected chi connectivity index (χ2v) is 3.49. The maximum atomic E-state index is 8.59. The molecule has 0 radical (unpaired) electrons. The molecule has 0 amide bonds. The summed E-state index contributed by atoms with van der Waals surface area (Å²) in [4.78, 5) is 0. The van der Waals surface area contributed by atoms with Crippen molar-refractivity contribution >= 4 is 12.4 Å². The number of aryl methyl sites for hydroxylation is 1. The van der Waals surface area contributed by atoms with E-state index in [1.54, 1.807) is 0 Å². The highest BCUT2D eigenvalue weighted by molar-refractivity contribution is 5.85. The molecule has 88 valence electrons. The van der Waals surface area contributed by atoms with Gasteiger partial charge in [0.05, 0.1) is 6.20 Å². The number of nitrogens with zero attached hydrogens (tertiary/aromatic N) is 2. The third-order valence-corrected chi connectivity index (χ3v) is 2.41. The van der Waals surface area contributed by atoms with Crippen LogP contribution in [0.5, 0.6) is 0 Å². The van der Waals surface area contributed by atoms with Crippen molar-refractivity contribution in [3.63, 3.8) is 0 Å². The number of halogens is 1. The molecule has 0 atom stereocenters. The smallest absolute Gasteiger partial charge is 0.0537 e. The Morgan fingerprint density at radius 2 is 2.20 bits per heavy atom. The van der Waals surface area contributed by atoms with Crippen molar-refractivity contribution in [1.29, 1.82) is 0 Å². The molecule has 0 aliphatic heterocycles. The van der Waals surface area contributed by atoms with Crippen LogP contribution in [0.15, 0.2) is 6.20 Å². The van der Waals surface area contributed by atoms with Crippen LogP contribution in [0.4, 0.5) is 0 Å². The van der Waals surface area contributed by atoms with Gasteiger partial charge in [0, 0.05) is 31.5 Å². The quantitative estimate of drug-likeness (QED) is 0.722. The minimum Gasteiger partial charge on any atom is -0.396 e. The molecule has 1 heterocycles. The molecule has 0 saturated heterocycles. The number of aliphatic hydroxyl groups is 1. The third-order valence-electron chi connectivity index (χ3n) is 2.41. The zero-order valence-corrected chi connectivity index (χ0v) is 10.2. The molecule has 0 unspecified atom stereocenters. The molecule has 1 rings (SSSR count). The van der Waals surface area contributed by atoms with Gasteiger partial charge in [-0.2, -0.15) is 5.10 Å². The predicted octanol–water partition coefficient (Wildman–Crippen LogP) is 1.01. The molecule has 0 aliphatic rings. The molecule has 5 heteroatoms. The van der Waals surface area contributed by atoms with Crippen molar-refractivity contribution in [3.8, 4) is 0 Å². The molecule has 0 spiro atoms. The average Bonchev–Trinajstić information content (AvgIpc) is 2.49. The van der Waals surface area contributed by atoms with Crippen LogP contribution in [-0.4, -0.2) is 28.0 Å². The van der Waals surface area contributed by atoms with Gasteiger partial charge in [0.1, 0.15) is 0 Å². The standard InChI is InChI=1S/C10H19N3O.ClH/c1-9-10(8-12-13(9)2)7-11-5-3-4-6-14;/h8,11,14H,3-7H2,1-2H3;1H. The Bertz CT molecular complexity index is 276. The van der Waals surface area contributed by atoms with Gasteiger partial charge in [-0.15, -0.1) is 12.4 Å². The second-order valence-electron chi connectivity index (χ2n) is 3.49. The molecule has 0 aliphatic carbocycles. The van der Waals surface area contributed by atoms with Crippen LogP contribution in [0.3, 0.4) is 0 Å². The number of nitrogens with one attached hydrogen (secondary N) is 1.